The number of hydrogen-bond donors (Lipinski definition) is 0. The van der Waals surface area contributed by atoms with Crippen molar-refractivity contribution in [3.8, 4) is 17.6 Å². The molecule has 1 aliphatic rings. The Morgan fingerprint density at radius 3 is 1.85 bits per heavy atom. The van der Waals surface area contributed by atoms with Crippen LogP contribution < -0.4 is 9.05 Å². The fourth-order valence-electron chi connectivity index (χ4n) is 3.18. The minimum absolute atomic E-state index is 0.320. The summed E-state index contributed by atoms with van der Waals surface area (Å²) in [5.41, 5.74) is 3.27. The molecule has 0 aliphatic heterocycles. The lowest BCUT2D eigenvalue weighted by Gasteiger charge is -2.17. The van der Waals surface area contributed by atoms with E-state index in [-0.39, 0.29) is 0 Å². The van der Waals surface area contributed by atoms with Crippen LogP contribution in [0.5, 0.6) is 11.5 Å². The van der Waals surface area contributed by atoms with E-state index in [9.17, 15) is 9.83 Å². The van der Waals surface area contributed by atoms with E-state index in [1.54, 1.807) is 60.7 Å². The van der Waals surface area contributed by atoms with Crippen molar-refractivity contribution >= 4 is 19.1 Å². The lowest BCUT2D eigenvalue weighted by molar-refractivity contribution is 0.218. The fraction of sp³-hybridized carbons (Fsp3) is 0.0370. The summed E-state index contributed by atoms with van der Waals surface area (Å²) in [5, 5.41) is 13.7. The van der Waals surface area contributed by atoms with Gasteiger partial charge in [0.25, 0.3) is 0 Å². The molecule has 0 saturated carbocycles. The summed E-state index contributed by atoms with van der Waals surface area (Å²) in [6.07, 6.45) is 5.29. The monoisotopic (exact) mass is 468 g/mol. The number of rotatable bonds is 7. The van der Waals surface area contributed by atoms with Crippen LogP contribution in [0.25, 0.3) is 5.57 Å². The molecule has 0 unspecified atom stereocenters. The minimum Gasteiger partial charge on any atom is -0.385 e. The zero-order valence-electron chi connectivity index (χ0n) is 18.4. The van der Waals surface area contributed by atoms with Crippen molar-refractivity contribution in [2.75, 3.05) is 0 Å². The molecular weight excluding hydrogens is 447 g/mol. The van der Waals surface area contributed by atoms with Gasteiger partial charge >= 0.3 is 7.82 Å². The summed E-state index contributed by atoms with van der Waals surface area (Å²) < 4.78 is 30.0. The van der Waals surface area contributed by atoms with Gasteiger partial charge in [0.05, 0.1) is 5.57 Å². The number of nitriles is 1. The molecule has 0 N–H and O–H groups in total. The van der Waals surface area contributed by atoms with Crippen molar-refractivity contribution in [1.29, 1.82) is 5.26 Å². The SMILES string of the molecule is CC1=CC(=C(C#N)c2ccccc2)C=CC1=NOP(=O)(Oc1ccccc1)Oc1ccccc1. The Labute approximate surface area is 198 Å². The van der Waals surface area contributed by atoms with E-state index >= 15 is 0 Å². The van der Waals surface area contributed by atoms with Gasteiger partial charge in [-0.05, 0) is 60.1 Å². The highest BCUT2D eigenvalue weighted by Gasteiger charge is 2.33. The largest absolute Gasteiger partial charge is 0.668 e. The van der Waals surface area contributed by atoms with E-state index in [1.807, 2.05) is 55.5 Å². The van der Waals surface area contributed by atoms with E-state index in [4.69, 9.17) is 13.7 Å². The van der Waals surface area contributed by atoms with Gasteiger partial charge in [-0.3, -0.25) is 4.62 Å². The lowest BCUT2D eigenvalue weighted by Crippen LogP contribution is -2.06. The third-order valence-electron chi connectivity index (χ3n) is 4.82. The summed E-state index contributed by atoms with van der Waals surface area (Å²) >= 11 is 0. The van der Waals surface area contributed by atoms with Gasteiger partial charge in [-0.2, -0.15) is 9.83 Å². The molecule has 0 atom stereocenters. The summed E-state index contributed by atoms with van der Waals surface area (Å²) in [5.74, 6) is 0.639. The van der Waals surface area contributed by atoms with E-state index in [0.29, 0.717) is 22.8 Å². The van der Waals surface area contributed by atoms with E-state index in [1.165, 1.54) is 0 Å². The number of para-hydroxylation sites is 2. The van der Waals surface area contributed by atoms with E-state index < -0.39 is 7.82 Å². The average Bonchev–Trinajstić information content (AvgIpc) is 2.86. The Bertz CT molecular complexity index is 1310. The van der Waals surface area contributed by atoms with Gasteiger partial charge in [0.1, 0.15) is 23.3 Å². The maximum atomic E-state index is 13.4. The number of phosphoric acid groups is 1. The molecule has 3 aromatic rings. The third kappa shape index (κ3) is 5.72. The van der Waals surface area contributed by atoms with Crippen molar-refractivity contribution < 1.29 is 18.2 Å². The summed E-state index contributed by atoms with van der Waals surface area (Å²) in [4.78, 5) is 0. The molecule has 168 valence electrons. The van der Waals surface area contributed by atoms with Crippen LogP contribution in [0.15, 0.2) is 126 Å². The van der Waals surface area contributed by atoms with Gasteiger partial charge in [-0.1, -0.05) is 78.0 Å². The highest BCUT2D eigenvalue weighted by atomic mass is 31.2. The third-order valence-corrected chi connectivity index (χ3v) is 5.97. The number of hydrogen-bond acceptors (Lipinski definition) is 6. The van der Waals surface area contributed by atoms with Crippen molar-refractivity contribution in [3.63, 3.8) is 0 Å². The summed E-state index contributed by atoms with van der Waals surface area (Å²) in [6, 6.07) is 28.9. The summed E-state index contributed by atoms with van der Waals surface area (Å²) in [6.45, 7) is 1.83. The smallest absolute Gasteiger partial charge is 0.385 e. The van der Waals surface area contributed by atoms with Gasteiger partial charge in [-0.25, -0.2) is 0 Å². The van der Waals surface area contributed by atoms with Crippen LogP contribution in [0.1, 0.15) is 12.5 Å². The van der Waals surface area contributed by atoms with Crippen molar-refractivity contribution in [2.24, 2.45) is 5.16 Å². The van der Waals surface area contributed by atoms with Crippen molar-refractivity contribution in [1.82, 2.24) is 0 Å². The number of benzene rings is 3. The second-order valence-electron chi connectivity index (χ2n) is 7.28. The van der Waals surface area contributed by atoms with Crippen LogP contribution >= 0.6 is 7.82 Å². The Kier molecular flexibility index (Phi) is 7.07. The lowest BCUT2D eigenvalue weighted by atomic mass is 9.94. The predicted octanol–water partition coefficient (Wildman–Crippen LogP) is 7.12. The molecule has 7 heteroatoms. The zero-order chi connectivity index (χ0) is 23.8. The Morgan fingerprint density at radius 1 is 0.824 bits per heavy atom. The summed E-state index contributed by atoms with van der Waals surface area (Å²) in [7, 11) is -4.16. The molecular formula is C27H21N2O4P. The van der Waals surface area contributed by atoms with Crippen LogP contribution in [0.4, 0.5) is 0 Å². The minimum atomic E-state index is -4.16. The van der Waals surface area contributed by atoms with Crippen LogP contribution in [0.3, 0.4) is 0 Å². The van der Waals surface area contributed by atoms with Crippen molar-refractivity contribution in [2.45, 2.75) is 6.92 Å². The number of nitrogens with zero attached hydrogens (tertiary/aromatic N) is 2. The Balaban J connectivity index is 1.60. The highest BCUT2D eigenvalue weighted by Crippen LogP contribution is 2.50. The average molecular weight is 468 g/mol. The van der Waals surface area contributed by atoms with E-state index in [2.05, 4.69) is 11.2 Å². The molecule has 34 heavy (non-hydrogen) atoms. The maximum absolute atomic E-state index is 13.4. The molecule has 0 fully saturated rings. The molecule has 6 nitrogen and oxygen atoms in total. The van der Waals surface area contributed by atoms with Crippen molar-refractivity contribution in [3.05, 3.63) is 126 Å². The van der Waals surface area contributed by atoms with Crippen LogP contribution in [-0.2, 0) is 9.19 Å². The van der Waals surface area contributed by atoms with Gasteiger partial charge in [-0.15, -0.1) is 0 Å². The molecule has 0 spiro atoms. The van der Waals surface area contributed by atoms with Gasteiger partial charge in [0.15, 0.2) is 0 Å². The molecule has 0 saturated heterocycles. The molecule has 0 radical (unpaired) electrons. The topological polar surface area (TPSA) is 80.9 Å². The second kappa shape index (κ2) is 10.5. The zero-order valence-corrected chi connectivity index (χ0v) is 19.3. The molecule has 0 bridgehead atoms. The van der Waals surface area contributed by atoms with Crippen LogP contribution in [0.2, 0.25) is 0 Å². The number of oxime groups is 1. The molecule has 3 aromatic carbocycles. The van der Waals surface area contributed by atoms with Gasteiger partial charge in [0, 0.05) is 0 Å². The molecule has 0 aromatic heterocycles. The number of allylic oxidation sites excluding steroid dienone is 6. The number of phosphoric ester groups is 1. The fourth-order valence-corrected chi connectivity index (χ4v) is 4.23. The molecule has 0 heterocycles. The molecule has 1 aliphatic carbocycles. The maximum Gasteiger partial charge on any atom is 0.668 e. The highest BCUT2D eigenvalue weighted by molar-refractivity contribution is 7.49. The first-order chi connectivity index (χ1) is 16.6. The molecule has 0 amide bonds. The first kappa shape index (κ1) is 22.8. The Hall–Kier alpha value is -4.33. The first-order valence-electron chi connectivity index (χ1n) is 10.5. The van der Waals surface area contributed by atoms with E-state index in [0.717, 1.165) is 16.7 Å². The van der Waals surface area contributed by atoms with Gasteiger partial charge < -0.3 is 9.05 Å². The first-order valence-corrected chi connectivity index (χ1v) is 11.9. The second-order valence-corrected chi connectivity index (χ2v) is 8.71. The standard InChI is InChI=1S/C27H21N2O4P/c1-21-19-23(26(20-28)22-11-5-2-6-12-22)17-18-27(21)29-33-34(30,31-24-13-7-3-8-14-24)32-25-15-9-4-10-16-25/h2-19H,1H3. The van der Waals surface area contributed by atoms with Crippen LogP contribution in [-0.4, -0.2) is 5.71 Å². The van der Waals surface area contributed by atoms with Gasteiger partial charge in [0.2, 0.25) is 0 Å². The normalized spacial score (nSPS) is 15.8. The van der Waals surface area contributed by atoms with Crippen LogP contribution in [0, 0.1) is 11.3 Å². The quantitative estimate of drug-likeness (QED) is 0.210. The Morgan fingerprint density at radius 2 is 1.35 bits per heavy atom. The predicted molar refractivity (Wildman–Crippen MR) is 132 cm³/mol. The molecule has 4 rings (SSSR count).